The van der Waals surface area contributed by atoms with Crippen molar-refractivity contribution in [1.29, 1.82) is 0 Å². The van der Waals surface area contributed by atoms with E-state index in [2.05, 4.69) is 5.32 Å². The summed E-state index contributed by atoms with van der Waals surface area (Å²) in [6, 6.07) is 10.5. The van der Waals surface area contributed by atoms with E-state index in [1.807, 2.05) is 13.8 Å². The molecule has 0 aliphatic rings. The topological polar surface area (TPSA) is 96.0 Å². The molecule has 0 bridgehead atoms. The zero-order valence-corrected chi connectivity index (χ0v) is 23.5. The number of rotatable bonds is 12. The van der Waals surface area contributed by atoms with E-state index >= 15 is 0 Å². The number of nitrogens with zero attached hydrogens (tertiary/aromatic N) is 2. The molecule has 0 aromatic heterocycles. The Balaban J connectivity index is 2.46. The molecular formula is C25H33Cl2N3O5S. The lowest BCUT2D eigenvalue weighted by molar-refractivity contribution is -0.140. The van der Waals surface area contributed by atoms with Crippen LogP contribution in [0.4, 0.5) is 5.69 Å². The number of methoxy groups -OCH3 is 1. The Labute approximate surface area is 223 Å². The van der Waals surface area contributed by atoms with Gasteiger partial charge in [-0.25, -0.2) is 8.42 Å². The molecule has 1 N–H and O–H groups in total. The van der Waals surface area contributed by atoms with E-state index in [4.69, 9.17) is 27.9 Å². The van der Waals surface area contributed by atoms with Gasteiger partial charge in [-0.1, -0.05) is 49.2 Å². The van der Waals surface area contributed by atoms with E-state index in [1.165, 1.54) is 23.1 Å². The maximum absolute atomic E-state index is 13.7. The first-order valence-electron chi connectivity index (χ1n) is 11.6. The second kappa shape index (κ2) is 13.2. The van der Waals surface area contributed by atoms with Crippen LogP contribution >= 0.6 is 23.2 Å². The minimum absolute atomic E-state index is 0.0781. The van der Waals surface area contributed by atoms with Gasteiger partial charge in [0.2, 0.25) is 21.8 Å². The SMILES string of the molecule is CC[C@@H](C)NC(=O)[C@H](CC)N(Cc1ccc(OC)cc1)C(=O)CN(c1cc(Cl)cc(Cl)c1)S(C)(=O)=O. The number of sulfonamides is 1. The molecule has 2 rings (SSSR count). The van der Waals surface area contributed by atoms with Gasteiger partial charge < -0.3 is 15.0 Å². The van der Waals surface area contributed by atoms with Gasteiger partial charge in [-0.05, 0) is 55.7 Å². The lowest BCUT2D eigenvalue weighted by Gasteiger charge is -2.33. The zero-order valence-electron chi connectivity index (χ0n) is 21.1. The van der Waals surface area contributed by atoms with Crippen LogP contribution in [0.25, 0.3) is 0 Å². The first-order chi connectivity index (χ1) is 16.9. The van der Waals surface area contributed by atoms with Crippen molar-refractivity contribution >= 4 is 50.7 Å². The number of anilines is 1. The van der Waals surface area contributed by atoms with Crippen LogP contribution in [0.5, 0.6) is 5.75 Å². The zero-order chi connectivity index (χ0) is 27.0. The molecule has 2 aromatic carbocycles. The molecule has 2 amide bonds. The quantitative estimate of drug-likeness (QED) is 0.414. The van der Waals surface area contributed by atoms with Crippen LogP contribution in [0.3, 0.4) is 0 Å². The molecule has 11 heteroatoms. The predicted octanol–water partition coefficient (Wildman–Crippen LogP) is 4.49. The first kappa shape index (κ1) is 29.7. The van der Waals surface area contributed by atoms with Crippen LogP contribution in [-0.2, 0) is 26.2 Å². The summed E-state index contributed by atoms with van der Waals surface area (Å²) in [5.41, 5.74) is 0.917. The number of carbonyl (C=O) groups is 2. The smallest absolute Gasteiger partial charge is 0.244 e. The number of benzene rings is 2. The highest BCUT2D eigenvalue weighted by Crippen LogP contribution is 2.27. The van der Waals surface area contributed by atoms with Crippen LogP contribution in [0.2, 0.25) is 10.0 Å². The van der Waals surface area contributed by atoms with E-state index in [1.54, 1.807) is 38.3 Å². The number of ether oxygens (including phenoxy) is 1. The van der Waals surface area contributed by atoms with Crippen molar-refractivity contribution in [3.05, 3.63) is 58.1 Å². The van der Waals surface area contributed by atoms with Crippen molar-refractivity contribution in [2.45, 2.75) is 52.2 Å². The van der Waals surface area contributed by atoms with E-state index in [9.17, 15) is 18.0 Å². The average Bonchev–Trinajstić information content (AvgIpc) is 2.81. The summed E-state index contributed by atoms with van der Waals surface area (Å²) in [4.78, 5) is 28.2. The molecule has 0 saturated heterocycles. The van der Waals surface area contributed by atoms with Gasteiger partial charge >= 0.3 is 0 Å². The van der Waals surface area contributed by atoms with Gasteiger partial charge in [-0.2, -0.15) is 0 Å². The van der Waals surface area contributed by atoms with Crippen LogP contribution in [0, 0.1) is 0 Å². The third kappa shape index (κ3) is 8.28. The average molecular weight is 559 g/mol. The molecule has 198 valence electrons. The summed E-state index contributed by atoms with van der Waals surface area (Å²) >= 11 is 12.2. The summed E-state index contributed by atoms with van der Waals surface area (Å²) in [5, 5.41) is 3.39. The van der Waals surface area contributed by atoms with Gasteiger partial charge in [-0.3, -0.25) is 13.9 Å². The first-order valence-corrected chi connectivity index (χ1v) is 14.2. The maximum Gasteiger partial charge on any atom is 0.244 e. The third-order valence-corrected chi connectivity index (χ3v) is 7.29. The molecule has 8 nitrogen and oxygen atoms in total. The molecule has 0 unspecified atom stereocenters. The van der Waals surface area contributed by atoms with Gasteiger partial charge in [-0.15, -0.1) is 0 Å². The molecule has 0 fully saturated rings. The number of amides is 2. The highest BCUT2D eigenvalue weighted by atomic mass is 35.5. The summed E-state index contributed by atoms with van der Waals surface area (Å²) in [6.07, 6.45) is 2.06. The molecule has 0 aliphatic carbocycles. The normalized spacial score (nSPS) is 13.0. The fraction of sp³-hybridized carbons (Fsp3) is 0.440. The van der Waals surface area contributed by atoms with Gasteiger partial charge in [0.1, 0.15) is 18.3 Å². The lowest BCUT2D eigenvalue weighted by Crippen LogP contribution is -2.53. The van der Waals surface area contributed by atoms with E-state index in [0.717, 1.165) is 22.5 Å². The summed E-state index contributed by atoms with van der Waals surface area (Å²) in [6.45, 7) is 5.21. The number of hydrogen-bond acceptors (Lipinski definition) is 5. The van der Waals surface area contributed by atoms with E-state index in [-0.39, 0.29) is 34.2 Å². The maximum atomic E-state index is 13.7. The summed E-state index contributed by atoms with van der Waals surface area (Å²) in [7, 11) is -2.33. The van der Waals surface area contributed by atoms with Gasteiger partial charge in [0.25, 0.3) is 0 Å². The Bertz CT molecular complexity index is 1140. The van der Waals surface area contributed by atoms with Crippen molar-refractivity contribution in [2.75, 3.05) is 24.2 Å². The van der Waals surface area contributed by atoms with Gasteiger partial charge in [0.05, 0.1) is 19.1 Å². The molecule has 0 heterocycles. The van der Waals surface area contributed by atoms with Crippen LogP contribution in [-0.4, -0.2) is 57.1 Å². The fourth-order valence-corrected chi connectivity index (χ4v) is 4.93. The van der Waals surface area contributed by atoms with Crippen LogP contribution < -0.4 is 14.4 Å². The standard InChI is InChI=1S/C25H33Cl2N3O5S/c1-6-17(3)28-25(32)23(7-2)29(15-18-8-10-22(35-4)11-9-18)24(31)16-30(36(5,33)34)21-13-19(26)12-20(27)14-21/h8-14,17,23H,6-7,15-16H2,1-5H3,(H,28,32)/t17-,23+/m1/s1. The number of halogens is 2. The molecule has 36 heavy (non-hydrogen) atoms. The number of carbonyl (C=O) groups excluding carboxylic acids is 2. The number of hydrogen-bond donors (Lipinski definition) is 1. The van der Waals surface area contributed by atoms with Gasteiger partial charge in [0, 0.05) is 22.6 Å². The second-order valence-electron chi connectivity index (χ2n) is 8.51. The lowest BCUT2D eigenvalue weighted by atomic mass is 10.1. The second-order valence-corrected chi connectivity index (χ2v) is 11.3. The Hall–Kier alpha value is -2.49. The molecule has 0 spiro atoms. The highest BCUT2D eigenvalue weighted by Gasteiger charge is 2.32. The summed E-state index contributed by atoms with van der Waals surface area (Å²) < 4.78 is 31.5. The van der Waals surface area contributed by atoms with E-state index in [0.29, 0.717) is 12.2 Å². The molecule has 0 saturated carbocycles. The molecule has 0 radical (unpaired) electrons. The van der Waals surface area contributed by atoms with Crippen molar-refractivity contribution in [3.8, 4) is 5.75 Å². The molecule has 0 aliphatic heterocycles. The van der Waals surface area contributed by atoms with Crippen molar-refractivity contribution < 1.29 is 22.7 Å². The monoisotopic (exact) mass is 557 g/mol. The molecule has 2 atom stereocenters. The Morgan fingerprint density at radius 2 is 1.61 bits per heavy atom. The molecular weight excluding hydrogens is 525 g/mol. The minimum atomic E-state index is -3.89. The third-order valence-electron chi connectivity index (χ3n) is 5.71. The highest BCUT2D eigenvalue weighted by molar-refractivity contribution is 7.92. The van der Waals surface area contributed by atoms with Crippen molar-refractivity contribution in [3.63, 3.8) is 0 Å². The molecule has 2 aromatic rings. The largest absolute Gasteiger partial charge is 0.497 e. The summed E-state index contributed by atoms with van der Waals surface area (Å²) in [5.74, 6) is -0.192. The van der Waals surface area contributed by atoms with Crippen LogP contribution in [0.1, 0.15) is 39.2 Å². The number of nitrogens with one attached hydrogen (secondary N) is 1. The Kier molecular flexibility index (Phi) is 10.9. The fourth-order valence-electron chi connectivity index (χ4n) is 3.59. The van der Waals surface area contributed by atoms with Crippen molar-refractivity contribution in [2.24, 2.45) is 0 Å². The minimum Gasteiger partial charge on any atom is -0.497 e. The predicted molar refractivity (Wildman–Crippen MR) is 144 cm³/mol. The Morgan fingerprint density at radius 3 is 2.08 bits per heavy atom. The van der Waals surface area contributed by atoms with Crippen molar-refractivity contribution in [1.82, 2.24) is 10.2 Å². The Morgan fingerprint density at radius 1 is 1.03 bits per heavy atom. The van der Waals surface area contributed by atoms with Gasteiger partial charge in [0.15, 0.2) is 0 Å². The van der Waals surface area contributed by atoms with Crippen LogP contribution in [0.15, 0.2) is 42.5 Å². The van der Waals surface area contributed by atoms with E-state index < -0.39 is 28.5 Å².